The molecule has 5 heteroatoms. The normalized spacial score (nSPS) is 13.4. The zero-order valence-corrected chi connectivity index (χ0v) is 32.1. The summed E-state index contributed by atoms with van der Waals surface area (Å²) in [4.78, 5) is 9.32. The summed E-state index contributed by atoms with van der Waals surface area (Å²) in [6.45, 7) is 6.50. The zero-order valence-electron chi connectivity index (χ0n) is 35.1. The van der Waals surface area contributed by atoms with Gasteiger partial charge in [0.1, 0.15) is 24.0 Å². The van der Waals surface area contributed by atoms with Crippen LogP contribution in [0, 0.1) is 0 Å². The number of para-hydroxylation sites is 4. The van der Waals surface area contributed by atoms with E-state index in [0.717, 1.165) is 66.8 Å². The summed E-state index contributed by atoms with van der Waals surface area (Å²) in [6.07, 6.45) is -0.150. The summed E-state index contributed by atoms with van der Waals surface area (Å²) in [5, 5.41) is 1.98. The summed E-state index contributed by atoms with van der Waals surface area (Å²) in [5.41, 5.74) is 10.6. The Kier molecular flexibility index (Phi) is 7.58. The molecule has 0 saturated carbocycles. The largest absolute Gasteiger partial charge is 0.457 e. The third-order valence-corrected chi connectivity index (χ3v) is 10.8. The molecule has 0 bridgehead atoms. The van der Waals surface area contributed by atoms with Crippen molar-refractivity contribution in [1.82, 2.24) is 9.55 Å². The second-order valence-electron chi connectivity index (χ2n) is 15.5. The first-order valence-electron chi connectivity index (χ1n) is 20.8. The smallest absolute Gasteiger partial charge is 0.137 e. The summed E-state index contributed by atoms with van der Waals surface area (Å²) in [6, 6.07) is 58.7. The fraction of sp³-hybridized carbons (Fsp3) is 0.0962. The monoisotopic (exact) mass is 741 g/mol. The van der Waals surface area contributed by atoms with Crippen LogP contribution in [-0.4, -0.2) is 16.2 Å². The van der Waals surface area contributed by atoms with Crippen molar-refractivity contribution in [2.24, 2.45) is 0 Å². The van der Waals surface area contributed by atoms with E-state index in [2.05, 4.69) is 136 Å². The lowest BCUT2D eigenvalue weighted by molar-refractivity contribution is 0.483. The van der Waals surface area contributed by atoms with Crippen LogP contribution in [0.15, 0.2) is 188 Å². The van der Waals surface area contributed by atoms with Crippen LogP contribution in [-0.2, 0) is 5.41 Å². The SMILES string of the molecule is [2H]c1nc(-n2c3ccccc3c3ccc(Oc4cccc(N5CN(c6c(-c7ccccc7)cccc6-c6ccccc6)c6ccccc65)c4)cc32)c([2H])c(C(C)(C)C)c1[2H]. The van der Waals surface area contributed by atoms with Gasteiger partial charge in [0.25, 0.3) is 0 Å². The number of anilines is 4. The quantitative estimate of drug-likeness (QED) is 0.163. The number of fused-ring (bicyclic) bond motifs is 4. The average Bonchev–Trinajstić information content (AvgIpc) is 3.81. The van der Waals surface area contributed by atoms with Crippen LogP contribution in [0.1, 0.15) is 30.4 Å². The van der Waals surface area contributed by atoms with Crippen molar-refractivity contribution in [1.29, 1.82) is 0 Å². The first-order valence-corrected chi connectivity index (χ1v) is 19.3. The highest BCUT2D eigenvalue weighted by Crippen LogP contribution is 2.50. The van der Waals surface area contributed by atoms with Crippen molar-refractivity contribution in [2.45, 2.75) is 26.2 Å². The minimum absolute atomic E-state index is 0.0123. The Balaban J connectivity index is 1.05. The van der Waals surface area contributed by atoms with E-state index in [0.29, 0.717) is 29.5 Å². The third-order valence-electron chi connectivity index (χ3n) is 10.8. The molecule has 7 aromatic carbocycles. The highest BCUT2D eigenvalue weighted by molar-refractivity contribution is 6.09. The van der Waals surface area contributed by atoms with E-state index in [1.807, 2.05) is 73.9 Å². The minimum atomic E-state index is -0.526. The molecule has 0 fully saturated rings. The number of aromatic nitrogens is 2. The van der Waals surface area contributed by atoms with Crippen LogP contribution in [0.25, 0.3) is 49.9 Å². The van der Waals surface area contributed by atoms with Gasteiger partial charge >= 0.3 is 0 Å². The molecule has 10 rings (SSSR count). The maximum atomic E-state index is 9.31. The molecule has 5 nitrogen and oxygen atoms in total. The number of ether oxygens (including phenoxy) is 1. The fourth-order valence-electron chi connectivity index (χ4n) is 8.04. The van der Waals surface area contributed by atoms with E-state index in [-0.39, 0.29) is 18.3 Å². The van der Waals surface area contributed by atoms with E-state index in [9.17, 15) is 1.37 Å². The van der Waals surface area contributed by atoms with Gasteiger partial charge in [-0.1, -0.05) is 136 Å². The van der Waals surface area contributed by atoms with Crippen LogP contribution in [0.3, 0.4) is 0 Å². The maximum absolute atomic E-state index is 9.31. The molecular formula is C52H42N4O. The van der Waals surface area contributed by atoms with Crippen LogP contribution >= 0.6 is 0 Å². The van der Waals surface area contributed by atoms with Gasteiger partial charge in [0, 0.05) is 45.9 Å². The fourth-order valence-corrected chi connectivity index (χ4v) is 8.04. The minimum Gasteiger partial charge on any atom is -0.457 e. The van der Waals surface area contributed by atoms with Gasteiger partial charge in [-0.05, 0) is 76.7 Å². The van der Waals surface area contributed by atoms with E-state index >= 15 is 0 Å². The molecule has 0 aliphatic carbocycles. The molecule has 3 heterocycles. The number of rotatable bonds is 7. The molecular weight excluding hydrogens is 697 g/mol. The highest BCUT2D eigenvalue weighted by Gasteiger charge is 2.31. The summed E-state index contributed by atoms with van der Waals surface area (Å²) in [5.74, 6) is 1.64. The van der Waals surface area contributed by atoms with Crippen molar-refractivity contribution < 1.29 is 8.85 Å². The van der Waals surface area contributed by atoms with Crippen molar-refractivity contribution in [3.05, 3.63) is 194 Å². The molecule has 0 spiro atoms. The van der Waals surface area contributed by atoms with Gasteiger partial charge < -0.3 is 14.5 Å². The Morgan fingerprint density at radius 3 is 1.91 bits per heavy atom. The Bertz CT molecular complexity index is 3030. The van der Waals surface area contributed by atoms with Gasteiger partial charge in [-0.25, -0.2) is 4.98 Å². The Labute approximate surface area is 337 Å². The number of hydrogen-bond donors (Lipinski definition) is 0. The molecule has 0 saturated heterocycles. The zero-order chi connectivity index (χ0) is 41.1. The third kappa shape index (κ3) is 6.18. The molecule has 0 amide bonds. The van der Waals surface area contributed by atoms with Crippen molar-refractivity contribution >= 4 is 44.6 Å². The van der Waals surface area contributed by atoms with Crippen LogP contribution in [0.4, 0.5) is 22.7 Å². The molecule has 0 N–H and O–H groups in total. The topological polar surface area (TPSA) is 33.5 Å². The first kappa shape index (κ1) is 31.1. The number of hydrogen-bond acceptors (Lipinski definition) is 4. The van der Waals surface area contributed by atoms with Crippen LogP contribution < -0.4 is 14.5 Å². The predicted molar refractivity (Wildman–Crippen MR) is 237 cm³/mol. The van der Waals surface area contributed by atoms with Crippen LogP contribution in [0.2, 0.25) is 0 Å². The number of benzene rings is 7. The van der Waals surface area contributed by atoms with Crippen LogP contribution in [0.5, 0.6) is 11.5 Å². The first-order chi connectivity index (χ1) is 29.2. The molecule has 1 aliphatic heterocycles. The van der Waals surface area contributed by atoms with Gasteiger partial charge in [-0.3, -0.25) is 4.57 Å². The highest BCUT2D eigenvalue weighted by atomic mass is 16.5. The van der Waals surface area contributed by atoms with Crippen molar-refractivity contribution in [2.75, 3.05) is 16.5 Å². The van der Waals surface area contributed by atoms with Gasteiger partial charge in [0.2, 0.25) is 0 Å². The van der Waals surface area contributed by atoms with Gasteiger partial charge in [0.15, 0.2) is 0 Å². The van der Waals surface area contributed by atoms with Gasteiger partial charge in [0.05, 0.1) is 32.2 Å². The molecule has 1 aliphatic rings. The number of pyridine rings is 1. The predicted octanol–water partition coefficient (Wildman–Crippen LogP) is 13.8. The Hall–Kier alpha value is -7.11. The molecule has 57 heavy (non-hydrogen) atoms. The maximum Gasteiger partial charge on any atom is 0.137 e. The Morgan fingerprint density at radius 1 is 0.579 bits per heavy atom. The standard InChI is InChI=1S/C52H42N4O/c1-52(2,3)38-30-31-53-50(32-38)56-46-25-11-10-22-44(46)45-29-28-41(34-49(45)56)57-40-21-14-20-39(33-40)54-35-55(48-27-13-12-26-47(48)54)51-42(36-16-6-4-7-17-36)23-15-24-43(51)37-18-8-5-9-19-37/h4-34H,35H2,1-3H3/i30D,31D,32D. The summed E-state index contributed by atoms with van der Waals surface area (Å²) < 4.78 is 35.3. The lowest BCUT2D eigenvalue weighted by atomic mass is 9.88. The molecule has 276 valence electrons. The van der Waals surface area contributed by atoms with Crippen molar-refractivity contribution in [3.8, 4) is 39.6 Å². The average molecular weight is 742 g/mol. The van der Waals surface area contributed by atoms with Crippen molar-refractivity contribution in [3.63, 3.8) is 0 Å². The summed E-state index contributed by atoms with van der Waals surface area (Å²) in [7, 11) is 0. The van der Waals surface area contributed by atoms with E-state index in [4.69, 9.17) is 7.48 Å². The van der Waals surface area contributed by atoms with E-state index in [1.54, 1.807) is 0 Å². The summed E-state index contributed by atoms with van der Waals surface area (Å²) >= 11 is 0. The lowest BCUT2D eigenvalue weighted by Crippen LogP contribution is -2.24. The lowest BCUT2D eigenvalue weighted by Gasteiger charge is -2.27. The molecule has 0 atom stereocenters. The Morgan fingerprint density at radius 2 is 1.19 bits per heavy atom. The second-order valence-corrected chi connectivity index (χ2v) is 15.5. The molecule has 0 radical (unpaired) electrons. The second kappa shape index (κ2) is 13.9. The van der Waals surface area contributed by atoms with E-state index in [1.165, 1.54) is 0 Å². The van der Waals surface area contributed by atoms with Gasteiger partial charge in [-0.15, -0.1) is 0 Å². The molecule has 2 aromatic heterocycles. The van der Waals surface area contributed by atoms with Gasteiger partial charge in [-0.2, -0.15) is 0 Å². The molecule has 9 aromatic rings. The van der Waals surface area contributed by atoms with E-state index < -0.39 is 5.41 Å². The molecule has 0 unspecified atom stereocenters. The number of nitrogens with zero attached hydrogens (tertiary/aromatic N) is 4.